The number of amides is 1. The number of ether oxygens (including phenoxy) is 1. The van der Waals surface area contributed by atoms with Gasteiger partial charge in [-0.25, -0.2) is 0 Å². The van der Waals surface area contributed by atoms with Crippen LogP contribution in [0, 0.1) is 5.92 Å². The highest BCUT2D eigenvalue weighted by molar-refractivity contribution is 7.80. The fourth-order valence-corrected chi connectivity index (χ4v) is 1.42. The molecular weight excluding hydrogens is 236 g/mol. The molecule has 17 heavy (non-hydrogen) atoms. The SMILES string of the molecule is CC(C)CN(CCC(N)=S)C(=O)COC(C)C. The van der Waals surface area contributed by atoms with E-state index in [-0.39, 0.29) is 18.6 Å². The van der Waals surface area contributed by atoms with E-state index in [1.165, 1.54) is 0 Å². The molecule has 0 atom stereocenters. The Morgan fingerprint density at radius 1 is 1.35 bits per heavy atom. The lowest BCUT2D eigenvalue weighted by Crippen LogP contribution is -2.39. The van der Waals surface area contributed by atoms with Gasteiger partial charge in [-0.3, -0.25) is 4.79 Å². The zero-order valence-corrected chi connectivity index (χ0v) is 12.0. The Labute approximate surface area is 109 Å². The topological polar surface area (TPSA) is 55.6 Å². The van der Waals surface area contributed by atoms with Gasteiger partial charge in [-0.1, -0.05) is 26.1 Å². The van der Waals surface area contributed by atoms with Crippen molar-refractivity contribution in [2.45, 2.75) is 40.2 Å². The third-order valence-electron chi connectivity index (χ3n) is 2.11. The van der Waals surface area contributed by atoms with E-state index < -0.39 is 0 Å². The van der Waals surface area contributed by atoms with Gasteiger partial charge in [0.1, 0.15) is 6.61 Å². The molecular formula is C12H24N2O2S. The Balaban J connectivity index is 4.24. The number of rotatable bonds is 8. The first-order valence-corrected chi connectivity index (χ1v) is 6.41. The van der Waals surface area contributed by atoms with Crippen molar-refractivity contribution in [2.75, 3.05) is 19.7 Å². The first-order valence-electron chi connectivity index (χ1n) is 6.00. The molecule has 0 bridgehead atoms. The van der Waals surface area contributed by atoms with Gasteiger partial charge in [0, 0.05) is 19.5 Å². The molecule has 0 aromatic carbocycles. The maximum absolute atomic E-state index is 11.9. The zero-order valence-electron chi connectivity index (χ0n) is 11.2. The van der Waals surface area contributed by atoms with E-state index in [0.717, 1.165) is 0 Å². The van der Waals surface area contributed by atoms with E-state index in [1.807, 2.05) is 13.8 Å². The fraction of sp³-hybridized carbons (Fsp3) is 0.833. The minimum Gasteiger partial charge on any atom is -0.393 e. The van der Waals surface area contributed by atoms with E-state index in [1.54, 1.807) is 4.90 Å². The molecule has 0 aromatic heterocycles. The van der Waals surface area contributed by atoms with Gasteiger partial charge in [-0.2, -0.15) is 0 Å². The van der Waals surface area contributed by atoms with Crippen LogP contribution < -0.4 is 5.73 Å². The van der Waals surface area contributed by atoms with E-state index in [2.05, 4.69) is 13.8 Å². The number of thiocarbonyl (C=S) groups is 1. The third-order valence-corrected chi connectivity index (χ3v) is 2.31. The summed E-state index contributed by atoms with van der Waals surface area (Å²) in [5.74, 6) is 0.424. The molecule has 100 valence electrons. The maximum Gasteiger partial charge on any atom is 0.248 e. The van der Waals surface area contributed by atoms with Crippen LogP contribution in [0.1, 0.15) is 34.1 Å². The molecule has 5 heteroatoms. The number of nitrogens with two attached hydrogens (primary N) is 1. The summed E-state index contributed by atoms with van der Waals surface area (Å²) in [6, 6.07) is 0. The predicted molar refractivity (Wildman–Crippen MR) is 73.9 cm³/mol. The smallest absolute Gasteiger partial charge is 0.248 e. The Bertz CT molecular complexity index is 255. The summed E-state index contributed by atoms with van der Waals surface area (Å²) in [6.07, 6.45) is 0.630. The van der Waals surface area contributed by atoms with Crippen LogP contribution in [0.3, 0.4) is 0 Å². The predicted octanol–water partition coefficient (Wildman–Crippen LogP) is 1.57. The largest absolute Gasteiger partial charge is 0.393 e. The van der Waals surface area contributed by atoms with Crippen molar-refractivity contribution >= 4 is 23.1 Å². The van der Waals surface area contributed by atoms with Crippen LogP contribution in [0.25, 0.3) is 0 Å². The Morgan fingerprint density at radius 3 is 2.35 bits per heavy atom. The standard InChI is InChI=1S/C12H24N2O2S/c1-9(2)7-14(6-5-11(13)17)12(15)8-16-10(3)4/h9-10H,5-8H2,1-4H3,(H2,13,17). The molecule has 4 nitrogen and oxygen atoms in total. The van der Waals surface area contributed by atoms with Crippen LogP contribution in [0.15, 0.2) is 0 Å². The van der Waals surface area contributed by atoms with Crippen molar-refractivity contribution in [3.05, 3.63) is 0 Å². The van der Waals surface area contributed by atoms with Crippen molar-refractivity contribution in [2.24, 2.45) is 11.7 Å². The normalized spacial score (nSPS) is 10.9. The van der Waals surface area contributed by atoms with Gasteiger partial charge in [0.25, 0.3) is 0 Å². The lowest BCUT2D eigenvalue weighted by Gasteiger charge is -2.24. The molecule has 0 aromatic rings. The van der Waals surface area contributed by atoms with E-state index in [0.29, 0.717) is 30.4 Å². The zero-order chi connectivity index (χ0) is 13.4. The molecule has 0 aliphatic carbocycles. The number of hydrogen-bond acceptors (Lipinski definition) is 3. The van der Waals surface area contributed by atoms with E-state index in [4.69, 9.17) is 22.7 Å². The number of carbonyl (C=O) groups excluding carboxylic acids is 1. The molecule has 1 amide bonds. The minimum atomic E-state index is 0.00338. The van der Waals surface area contributed by atoms with Crippen molar-refractivity contribution in [1.29, 1.82) is 0 Å². The third kappa shape index (κ3) is 9.06. The van der Waals surface area contributed by atoms with Gasteiger partial charge in [-0.15, -0.1) is 0 Å². The average molecular weight is 260 g/mol. The van der Waals surface area contributed by atoms with Crippen molar-refractivity contribution in [1.82, 2.24) is 4.90 Å². The molecule has 0 aliphatic rings. The van der Waals surface area contributed by atoms with Crippen LogP contribution in [-0.2, 0) is 9.53 Å². The second-order valence-electron chi connectivity index (χ2n) is 4.81. The van der Waals surface area contributed by atoms with Crippen LogP contribution in [0.5, 0.6) is 0 Å². The molecule has 0 saturated carbocycles. The highest BCUT2D eigenvalue weighted by Crippen LogP contribution is 2.02. The van der Waals surface area contributed by atoms with E-state index in [9.17, 15) is 4.79 Å². The Morgan fingerprint density at radius 2 is 1.94 bits per heavy atom. The van der Waals surface area contributed by atoms with Crippen molar-refractivity contribution in [3.63, 3.8) is 0 Å². The number of carbonyl (C=O) groups is 1. The molecule has 0 spiro atoms. The summed E-state index contributed by atoms with van der Waals surface area (Å²) >= 11 is 4.83. The minimum absolute atomic E-state index is 0.00338. The summed E-state index contributed by atoms with van der Waals surface area (Å²) in [5, 5.41) is 0. The lowest BCUT2D eigenvalue weighted by atomic mass is 10.2. The monoisotopic (exact) mass is 260 g/mol. The summed E-state index contributed by atoms with van der Waals surface area (Å²) in [5.41, 5.74) is 5.46. The first-order chi connectivity index (χ1) is 7.82. The Hall–Kier alpha value is -0.680. The second kappa shape index (κ2) is 8.42. The molecule has 0 fully saturated rings. The van der Waals surface area contributed by atoms with Gasteiger partial charge in [0.15, 0.2) is 0 Å². The number of nitrogens with zero attached hydrogens (tertiary/aromatic N) is 1. The van der Waals surface area contributed by atoms with Gasteiger partial charge in [0.2, 0.25) is 5.91 Å². The van der Waals surface area contributed by atoms with Crippen molar-refractivity contribution < 1.29 is 9.53 Å². The maximum atomic E-state index is 11.9. The van der Waals surface area contributed by atoms with Crippen molar-refractivity contribution in [3.8, 4) is 0 Å². The van der Waals surface area contributed by atoms with Crippen LogP contribution >= 0.6 is 12.2 Å². The molecule has 0 saturated heterocycles. The highest BCUT2D eigenvalue weighted by Gasteiger charge is 2.15. The average Bonchev–Trinajstić information content (AvgIpc) is 2.19. The molecule has 0 aliphatic heterocycles. The fourth-order valence-electron chi connectivity index (χ4n) is 1.33. The summed E-state index contributed by atoms with van der Waals surface area (Å²) in [6.45, 7) is 9.39. The summed E-state index contributed by atoms with van der Waals surface area (Å²) in [7, 11) is 0. The molecule has 0 radical (unpaired) electrons. The molecule has 0 heterocycles. The molecule has 0 rings (SSSR count). The quantitative estimate of drug-likeness (QED) is 0.673. The van der Waals surface area contributed by atoms with Gasteiger partial charge >= 0.3 is 0 Å². The second-order valence-corrected chi connectivity index (χ2v) is 5.33. The van der Waals surface area contributed by atoms with Crippen LogP contribution in [0.4, 0.5) is 0 Å². The Kier molecular flexibility index (Phi) is 8.08. The van der Waals surface area contributed by atoms with Gasteiger partial charge < -0.3 is 15.4 Å². The van der Waals surface area contributed by atoms with Crippen LogP contribution in [0.2, 0.25) is 0 Å². The van der Waals surface area contributed by atoms with Crippen LogP contribution in [-0.4, -0.2) is 41.6 Å². The summed E-state index contributed by atoms with van der Waals surface area (Å²) in [4.78, 5) is 14.1. The lowest BCUT2D eigenvalue weighted by molar-refractivity contribution is -0.138. The van der Waals surface area contributed by atoms with E-state index >= 15 is 0 Å². The molecule has 2 N–H and O–H groups in total. The first kappa shape index (κ1) is 16.3. The number of hydrogen-bond donors (Lipinski definition) is 1. The summed E-state index contributed by atoms with van der Waals surface area (Å²) < 4.78 is 5.32. The van der Waals surface area contributed by atoms with Gasteiger partial charge in [0.05, 0.1) is 11.1 Å². The van der Waals surface area contributed by atoms with Gasteiger partial charge in [-0.05, 0) is 19.8 Å². The molecule has 0 unspecified atom stereocenters. The highest BCUT2D eigenvalue weighted by atomic mass is 32.1.